The van der Waals surface area contributed by atoms with E-state index in [1.165, 1.54) is 32.1 Å². The van der Waals surface area contributed by atoms with Gasteiger partial charge in [0.25, 0.3) is 5.91 Å². The van der Waals surface area contributed by atoms with E-state index < -0.39 is 0 Å². The zero-order valence-corrected chi connectivity index (χ0v) is 15.5. The molecule has 0 bridgehead atoms. The highest BCUT2D eigenvalue weighted by Crippen LogP contribution is 2.27. The first-order valence-corrected chi connectivity index (χ1v) is 9.56. The van der Waals surface area contributed by atoms with Gasteiger partial charge in [0.15, 0.2) is 0 Å². The molecule has 2 aliphatic rings. The van der Waals surface area contributed by atoms with E-state index in [0.29, 0.717) is 44.2 Å². The molecular weight excluding hydrogens is 314 g/mol. The first kappa shape index (κ1) is 17.9. The van der Waals surface area contributed by atoms with Gasteiger partial charge in [0.1, 0.15) is 5.69 Å². The summed E-state index contributed by atoms with van der Waals surface area (Å²) in [7, 11) is 0. The highest BCUT2D eigenvalue weighted by Gasteiger charge is 2.27. The van der Waals surface area contributed by atoms with Crippen LogP contribution < -0.4 is 0 Å². The summed E-state index contributed by atoms with van der Waals surface area (Å²) in [5, 5.41) is 0. The van der Waals surface area contributed by atoms with Gasteiger partial charge in [0.2, 0.25) is 5.91 Å². The number of hydrogen-bond donors (Lipinski definition) is 0. The lowest BCUT2D eigenvalue weighted by Crippen LogP contribution is -2.51. The quantitative estimate of drug-likeness (QED) is 0.848. The van der Waals surface area contributed by atoms with Crippen molar-refractivity contribution in [1.29, 1.82) is 0 Å². The maximum absolute atomic E-state index is 12.6. The van der Waals surface area contributed by atoms with Gasteiger partial charge in [0.05, 0.1) is 0 Å². The molecule has 0 unspecified atom stereocenters. The van der Waals surface area contributed by atoms with E-state index >= 15 is 0 Å². The molecule has 1 aliphatic carbocycles. The molecule has 25 heavy (non-hydrogen) atoms. The molecule has 1 saturated heterocycles. The average Bonchev–Trinajstić information content (AvgIpc) is 2.64. The van der Waals surface area contributed by atoms with Crippen LogP contribution in [0, 0.1) is 19.8 Å². The van der Waals surface area contributed by atoms with Gasteiger partial charge in [-0.05, 0) is 44.2 Å². The van der Waals surface area contributed by atoms with Crippen molar-refractivity contribution in [3.05, 3.63) is 29.1 Å². The van der Waals surface area contributed by atoms with Gasteiger partial charge in [-0.15, -0.1) is 0 Å². The van der Waals surface area contributed by atoms with Crippen molar-refractivity contribution in [3.8, 4) is 0 Å². The van der Waals surface area contributed by atoms with Gasteiger partial charge in [-0.2, -0.15) is 0 Å². The summed E-state index contributed by atoms with van der Waals surface area (Å²) in [6.45, 7) is 6.40. The Kier molecular flexibility index (Phi) is 5.71. The molecule has 0 spiro atoms. The maximum atomic E-state index is 12.6. The lowest BCUT2D eigenvalue weighted by Gasteiger charge is -2.35. The lowest BCUT2D eigenvalue weighted by molar-refractivity contribution is -0.133. The fraction of sp³-hybridized carbons (Fsp3) is 0.650. The van der Waals surface area contributed by atoms with Crippen molar-refractivity contribution in [1.82, 2.24) is 14.8 Å². The van der Waals surface area contributed by atoms with Crippen LogP contribution in [-0.2, 0) is 4.79 Å². The van der Waals surface area contributed by atoms with E-state index in [4.69, 9.17) is 0 Å². The molecule has 0 aromatic carbocycles. The Morgan fingerprint density at radius 3 is 2.28 bits per heavy atom. The van der Waals surface area contributed by atoms with E-state index in [1.54, 1.807) is 6.07 Å². The van der Waals surface area contributed by atoms with Crippen LogP contribution >= 0.6 is 0 Å². The molecule has 0 atom stereocenters. The number of aryl methyl sites for hydroxylation is 2. The second-order valence-electron chi connectivity index (χ2n) is 7.48. The molecular formula is C20H29N3O2. The van der Waals surface area contributed by atoms with Crippen LogP contribution in [0.25, 0.3) is 0 Å². The molecule has 5 heteroatoms. The van der Waals surface area contributed by atoms with Gasteiger partial charge >= 0.3 is 0 Å². The van der Waals surface area contributed by atoms with Crippen LogP contribution in [0.1, 0.15) is 60.3 Å². The predicted molar refractivity (Wildman–Crippen MR) is 97.4 cm³/mol. The number of piperazine rings is 1. The number of nitrogens with zero attached hydrogens (tertiary/aromatic N) is 3. The molecule has 136 valence electrons. The van der Waals surface area contributed by atoms with Crippen LogP contribution in [0.2, 0.25) is 0 Å². The second-order valence-corrected chi connectivity index (χ2v) is 7.48. The van der Waals surface area contributed by atoms with E-state index in [2.05, 4.69) is 4.98 Å². The Morgan fingerprint density at radius 1 is 1.00 bits per heavy atom. The molecule has 5 nitrogen and oxygen atoms in total. The van der Waals surface area contributed by atoms with Crippen LogP contribution in [-0.4, -0.2) is 52.8 Å². The number of carbonyl (C=O) groups is 2. The zero-order valence-electron chi connectivity index (χ0n) is 15.5. The topological polar surface area (TPSA) is 53.5 Å². The van der Waals surface area contributed by atoms with E-state index in [0.717, 1.165) is 11.3 Å². The normalized spacial score (nSPS) is 19.1. The van der Waals surface area contributed by atoms with Crippen molar-refractivity contribution in [3.63, 3.8) is 0 Å². The Labute approximate surface area is 150 Å². The fourth-order valence-corrected chi connectivity index (χ4v) is 3.84. The highest BCUT2D eigenvalue weighted by molar-refractivity contribution is 5.92. The molecule has 2 fully saturated rings. The van der Waals surface area contributed by atoms with Crippen molar-refractivity contribution in [2.75, 3.05) is 26.2 Å². The Hall–Kier alpha value is -1.91. The van der Waals surface area contributed by atoms with E-state index in [9.17, 15) is 9.59 Å². The van der Waals surface area contributed by atoms with E-state index in [-0.39, 0.29) is 11.8 Å². The van der Waals surface area contributed by atoms with Crippen LogP contribution in [0.3, 0.4) is 0 Å². The van der Waals surface area contributed by atoms with Crippen molar-refractivity contribution in [2.24, 2.45) is 5.92 Å². The van der Waals surface area contributed by atoms with Crippen molar-refractivity contribution < 1.29 is 9.59 Å². The van der Waals surface area contributed by atoms with Crippen molar-refractivity contribution >= 4 is 11.8 Å². The standard InChI is InChI=1S/C20H29N3O2/c1-15-8-9-18(21-16(15)2)20(25)23-12-10-22(11-13-23)19(24)14-17-6-4-3-5-7-17/h8-9,17H,3-7,10-14H2,1-2H3. The minimum atomic E-state index is -0.0255. The van der Waals surface area contributed by atoms with Gasteiger partial charge in [-0.25, -0.2) is 4.98 Å². The Balaban J connectivity index is 1.51. The molecule has 2 amide bonds. The molecule has 3 rings (SSSR count). The molecule has 1 aromatic rings. The molecule has 1 aromatic heterocycles. The van der Waals surface area contributed by atoms with Crippen LogP contribution in [0.5, 0.6) is 0 Å². The summed E-state index contributed by atoms with van der Waals surface area (Å²) < 4.78 is 0. The predicted octanol–water partition coefficient (Wildman–Crippen LogP) is 2.95. The van der Waals surface area contributed by atoms with Gasteiger partial charge in [-0.1, -0.05) is 25.3 Å². The summed E-state index contributed by atoms with van der Waals surface area (Å²) in [5.41, 5.74) is 2.49. The number of pyridine rings is 1. The number of carbonyl (C=O) groups excluding carboxylic acids is 2. The molecule has 0 N–H and O–H groups in total. The first-order chi connectivity index (χ1) is 12.0. The minimum absolute atomic E-state index is 0.0255. The summed E-state index contributed by atoms with van der Waals surface area (Å²) >= 11 is 0. The molecule has 1 saturated carbocycles. The Bertz CT molecular complexity index is 630. The number of rotatable bonds is 3. The van der Waals surface area contributed by atoms with Crippen molar-refractivity contribution in [2.45, 2.75) is 52.4 Å². The monoisotopic (exact) mass is 343 g/mol. The molecule has 0 radical (unpaired) electrons. The van der Waals surface area contributed by atoms with Crippen LogP contribution in [0.15, 0.2) is 12.1 Å². The third-order valence-electron chi connectivity index (χ3n) is 5.68. The number of amides is 2. The number of aromatic nitrogens is 1. The van der Waals surface area contributed by atoms with E-state index in [1.807, 2.05) is 29.7 Å². The second kappa shape index (κ2) is 7.98. The smallest absolute Gasteiger partial charge is 0.272 e. The highest BCUT2D eigenvalue weighted by atomic mass is 16.2. The summed E-state index contributed by atoms with van der Waals surface area (Å²) in [4.78, 5) is 33.3. The summed E-state index contributed by atoms with van der Waals surface area (Å²) in [6, 6.07) is 3.74. The summed E-state index contributed by atoms with van der Waals surface area (Å²) in [6.07, 6.45) is 6.93. The SMILES string of the molecule is Cc1ccc(C(=O)N2CCN(C(=O)CC3CCCCC3)CC2)nc1C. The minimum Gasteiger partial charge on any atom is -0.339 e. The number of hydrogen-bond acceptors (Lipinski definition) is 3. The average molecular weight is 343 g/mol. The van der Waals surface area contributed by atoms with Gasteiger partial charge in [-0.3, -0.25) is 9.59 Å². The van der Waals surface area contributed by atoms with Crippen LogP contribution in [0.4, 0.5) is 0 Å². The first-order valence-electron chi connectivity index (χ1n) is 9.56. The lowest BCUT2D eigenvalue weighted by atomic mass is 9.86. The fourth-order valence-electron chi connectivity index (χ4n) is 3.84. The third kappa shape index (κ3) is 4.39. The summed E-state index contributed by atoms with van der Waals surface area (Å²) in [5.74, 6) is 0.812. The Morgan fingerprint density at radius 2 is 1.64 bits per heavy atom. The van der Waals surface area contributed by atoms with Gasteiger partial charge in [0, 0.05) is 38.3 Å². The largest absolute Gasteiger partial charge is 0.339 e. The van der Waals surface area contributed by atoms with Gasteiger partial charge < -0.3 is 9.80 Å². The maximum Gasteiger partial charge on any atom is 0.272 e. The molecule has 2 heterocycles. The molecule has 1 aliphatic heterocycles. The zero-order chi connectivity index (χ0) is 17.8. The third-order valence-corrected chi connectivity index (χ3v) is 5.68.